The summed E-state index contributed by atoms with van der Waals surface area (Å²) < 4.78 is 0.937. The molecule has 0 radical (unpaired) electrons. The zero-order valence-corrected chi connectivity index (χ0v) is 10.8. The van der Waals surface area contributed by atoms with Gasteiger partial charge in [0.2, 0.25) is 0 Å². The summed E-state index contributed by atoms with van der Waals surface area (Å²) in [6.07, 6.45) is 0. The molecule has 0 saturated heterocycles. The molecule has 0 bridgehead atoms. The summed E-state index contributed by atoms with van der Waals surface area (Å²) in [5.74, 6) is -0.501. The van der Waals surface area contributed by atoms with Gasteiger partial charge in [0, 0.05) is 11.0 Å². The molecule has 18 heavy (non-hydrogen) atoms. The first kappa shape index (κ1) is 12.7. The Labute approximate surface area is 111 Å². The Kier molecular flexibility index (Phi) is 4.00. The van der Waals surface area contributed by atoms with Crippen molar-refractivity contribution in [3.8, 4) is 5.69 Å². The van der Waals surface area contributed by atoms with Crippen LogP contribution in [-0.2, 0) is 0 Å². The van der Waals surface area contributed by atoms with E-state index in [2.05, 4.69) is 36.7 Å². The highest BCUT2D eigenvalue weighted by molar-refractivity contribution is 9.10. The molecule has 2 N–H and O–H groups in total. The van der Waals surface area contributed by atoms with Crippen LogP contribution < -0.4 is 5.32 Å². The fourth-order valence-corrected chi connectivity index (χ4v) is 1.50. The van der Waals surface area contributed by atoms with Crippen molar-refractivity contribution in [1.29, 1.82) is 0 Å². The zero-order valence-electron chi connectivity index (χ0n) is 9.25. The molecule has 1 aromatic carbocycles. The molecule has 1 amide bonds. The molecule has 0 aliphatic heterocycles. The highest BCUT2D eigenvalue weighted by Gasteiger charge is 2.12. The first-order valence-corrected chi connectivity index (χ1v) is 5.95. The predicted octanol–water partition coefficient (Wildman–Crippen LogP) is 0.147. The van der Waals surface area contributed by atoms with Gasteiger partial charge in [0.1, 0.15) is 0 Å². The standard InChI is InChI=1S/C10H10BrN5O2/c11-7-1-3-8(4-2-7)16-14-9(13-15-16)10(18)12-5-6-17/h1-4,17H,5-6H2,(H,12,18). The van der Waals surface area contributed by atoms with E-state index in [4.69, 9.17) is 5.11 Å². The van der Waals surface area contributed by atoms with Crippen LogP contribution in [0.1, 0.15) is 10.6 Å². The Morgan fingerprint density at radius 3 is 2.78 bits per heavy atom. The van der Waals surface area contributed by atoms with Gasteiger partial charge < -0.3 is 10.4 Å². The lowest BCUT2D eigenvalue weighted by Gasteiger charge is -1.98. The number of carbonyl (C=O) groups is 1. The highest BCUT2D eigenvalue weighted by atomic mass is 79.9. The molecule has 1 aromatic heterocycles. The number of amides is 1. The molecular weight excluding hydrogens is 302 g/mol. The van der Waals surface area contributed by atoms with Crippen LogP contribution in [0.4, 0.5) is 0 Å². The second kappa shape index (κ2) is 5.69. The van der Waals surface area contributed by atoms with Crippen molar-refractivity contribution < 1.29 is 9.90 Å². The lowest BCUT2D eigenvalue weighted by atomic mass is 10.3. The van der Waals surface area contributed by atoms with Gasteiger partial charge in [0.25, 0.3) is 11.7 Å². The predicted molar refractivity (Wildman–Crippen MR) is 66.3 cm³/mol. The van der Waals surface area contributed by atoms with Crippen molar-refractivity contribution in [2.24, 2.45) is 0 Å². The summed E-state index contributed by atoms with van der Waals surface area (Å²) >= 11 is 3.32. The SMILES string of the molecule is O=C(NCCO)c1nnn(-c2ccc(Br)cc2)n1. The van der Waals surface area contributed by atoms with Gasteiger partial charge in [-0.3, -0.25) is 4.79 Å². The van der Waals surface area contributed by atoms with Crippen LogP contribution >= 0.6 is 15.9 Å². The number of nitrogens with zero attached hydrogens (tertiary/aromatic N) is 4. The largest absolute Gasteiger partial charge is 0.395 e. The summed E-state index contributed by atoms with van der Waals surface area (Å²) in [5.41, 5.74) is 0.701. The average molecular weight is 312 g/mol. The highest BCUT2D eigenvalue weighted by Crippen LogP contribution is 2.12. The third-order valence-corrected chi connectivity index (χ3v) is 2.60. The molecule has 0 saturated carbocycles. The fourth-order valence-electron chi connectivity index (χ4n) is 1.24. The van der Waals surface area contributed by atoms with E-state index < -0.39 is 5.91 Å². The second-order valence-corrected chi connectivity index (χ2v) is 4.27. The molecule has 0 atom stereocenters. The molecule has 8 heteroatoms. The fraction of sp³-hybridized carbons (Fsp3) is 0.200. The molecule has 0 fully saturated rings. The molecule has 7 nitrogen and oxygen atoms in total. The number of carbonyl (C=O) groups excluding carboxylic acids is 1. The van der Waals surface area contributed by atoms with Gasteiger partial charge in [-0.1, -0.05) is 15.9 Å². The summed E-state index contributed by atoms with van der Waals surface area (Å²) in [7, 11) is 0. The lowest BCUT2D eigenvalue weighted by Crippen LogP contribution is -2.27. The number of tetrazole rings is 1. The summed E-state index contributed by atoms with van der Waals surface area (Å²) in [4.78, 5) is 12.8. The van der Waals surface area contributed by atoms with Gasteiger partial charge >= 0.3 is 0 Å². The first-order chi connectivity index (χ1) is 8.70. The minimum Gasteiger partial charge on any atom is -0.395 e. The number of aliphatic hydroxyl groups excluding tert-OH is 1. The Morgan fingerprint density at radius 1 is 1.39 bits per heavy atom. The van der Waals surface area contributed by atoms with Crippen molar-refractivity contribution in [3.63, 3.8) is 0 Å². The van der Waals surface area contributed by atoms with E-state index in [1.165, 1.54) is 4.80 Å². The summed E-state index contributed by atoms with van der Waals surface area (Å²) in [6, 6.07) is 7.26. The van der Waals surface area contributed by atoms with Crippen molar-refractivity contribution in [2.75, 3.05) is 13.2 Å². The maximum atomic E-state index is 11.5. The van der Waals surface area contributed by atoms with Gasteiger partial charge in [0.15, 0.2) is 0 Å². The third kappa shape index (κ3) is 2.90. The smallest absolute Gasteiger partial charge is 0.292 e. The number of nitrogens with one attached hydrogen (secondary N) is 1. The maximum absolute atomic E-state index is 11.5. The normalized spacial score (nSPS) is 10.3. The molecular formula is C10H10BrN5O2. The van der Waals surface area contributed by atoms with E-state index in [-0.39, 0.29) is 19.0 Å². The number of hydrogen-bond acceptors (Lipinski definition) is 5. The van der Waals surface area contributed by atoms with Crippen molar-refractivity contribution in [1.82, 2.24) is 25.5 Å². The van der Waals surface area contributed by atoms with Crippen molar-refractivity contribution >= 4 is 21.8 Å². The van der Waals surface area contributed by atoms with Crippen molar-refractivity contribution in [2.45, 2.75) is 0 Å². The Bertz CT molecular complexity index is 539. The summed E-state index contributed by atoms with van der Waals surface area (Å²) in [5, 5.41) is 22.4. The minimum absolute atomic E-state index is 0.0358. The molecule has 1 heterocycles. The molecule has 0 aliphatic rings. The van der Waals surface area contributed by atoms with Crippen molar-refractivity contribution in [3.05, 3.63) is 34.6 Å². The number of aromatic nitrogens is 4. The molecule has 2 rings (SSSR count). The summed E-state index contributed by atoms with van der Waals surface area (Å²) in [6.45, 7) is 0.0260. The third-order valence-electron chi connectivity index (χ3n) is 2.07. The van der Waals surface area contributed by atoms with E-state index in [1.54, 1.807) is 12.1 Å². The number of aliphatic hydroxyl groups is 1. The van der Waals surface area contributed by atoms with Gasteiger partial charge in [-0.25, -0.2) is 0 Å². The zero-order chi connectivity index (χ0) is 13.0. The molecule has 2 aromatic rings. The Morgan fingerprint density at radius 2 is 2.11 bits per heavy atom. The lowest BCUT2D eigenvalue weighted by molar-refractivity contribution is 0.0934. The van der Waals surface area contributed by atoms with Gasteiger partial charge in [-0.05, 0) is 29.5 Å². The molecule has 0 spiro atoms. The molecule has 0 unspecified atom stereocenters. The quantitative estimate of drug-likeness (QED) is 0.838. The van der Waals surface area contributed by atoms with E-state index >= 15 is 0 Å². The van der Waals surface area contributed by atoms with Gasteiger partial charge in [-0.15, -0.1) is 15.0 Å². The van der Waals surface area contributed by atoms with Crippen LogP contribution in [0.25, 0.3) is 5.69 Å². The Hall–Kier alpha value is -1.80. The average Bonchev–Trinajstić information content (AvgIpc) is 2.86. The van der Waals surface area contributed by atoms with Crippen LogP contribution in [0.3, 0.4) is 0 Å². The molecule has 0 aliphatic carbocycles. The molecule has 94 valence electrons. The minimum atomic E-state index is -0.465. The van der Waals surface area contributed by atoms with Crippen LogP contribution in [0.5, 0.6) is 0 Å². The van der Waals surface area contributed by atoms with E-state index in [0.29, 0.717) is 5.69 Å². The van der Waals surface area contributed by atoms with E-state index in [1.807, 2.05) is 12.1 Å². The topological polar surface area (TPSA) is 92.9 Å². The van der Waals surface area contributed by atoms with E-state index in [9.17, 15) is 4.79 Å². The second-order valence-electron chi connectivity index (χ2n) is 3.36. The monoisotopic (exact) mass is 311 g/mol. The van der Waals surface area contributed by atoms with Gasteiger partial charge in [-0.2, -0.15) is 0 Å². The van der Waals surface area contributed by atoms with Crippen LogP contribution in [-0.4, -0.2) is 44.4 Å². The number of rotatable bonds is 4. The Balaban J connectivity index is 2.15. The first-order valence-electron chi connectivity index (χ1n) is 5.16. The number of benzene rings is 1. The van der Waals surface area contributed by atoms with E-state index in [0.717, 1.165) is 4.47 Å². The van der Waals surface area contributed by atoms with Crippen LogP contribution in [0.2, 0.25) is 0 Å². The van der Waals surface area contributed by atoms with Crippen LogP contribution in [0, 0.1) is 0 Å². The van der Waals surface area contributed by atoms with Crippen LogP contribution in [0.15, 0.2) is 28.7 Å². The van der Waals surface area contributed by atoms with Gasteiger partial charge in [0.05, 0.1) is 12.3 Å². The number of halogens is 1. The maximum Gasteiger partial charge on any atom is 0.292 e. The number of hydrogen-bond donors (Lipinski definition) is 2.